The average molecular weight is 790 g/mol. The van der Waals surface area contributed by atoms with E-state index in [4.69, 9.17) is 19.4 Å². The maximum Gasteiger partial charge on any atom is 0.164 e. The standard InChI is InChI=1S/C58H35N3O/c1-2-15-37(16-3-1)55-59-56(61-57(60-55)48-22-5-4-17-40(48)46-23-14-24-47-45-21-9-13-28-53(45)62-54(46)47)38-31-29-36(30-32-38)39-33-34-44-43-20-8-12-27-51(43)58(52(44)35-39)49-25-10-6-18-41(49)42-19-7-11-26-50(42)58/h1-35H. The molecule has 2 aliphatic rings. The molecule has 0 unspecified atom stereocenters. The van der Waals surface area contributed by atoms with E-state index in [2.05, 4.69) is 164 Å². The topological polar surface area (TPSA) is 51.8 Å². The molecule has 11 aromatic rings. The summed E-state index contributed by atoms with van der Waals surface area (Å²) >= 11 is 0. The second kappa shape index (κ2) is 13.4. The molecule has 2 aliphatic carbocycles. The van der Waals surface area contributed by atoms with Crippen LogP contribution in [-0.2, 0) is 5.41 Å². The Labute approximate surface area is 358 Å². The molecule has 4 heteroatoms. The van der Waals surface area contributed by atoms with Gasteiger partial charge in [-0.3, -0.25) is 0 Å². The van der Waals surface area contributed by atoms with Gasteiger partial charge in [0.2, 0.25) is 0 Å². The summed E-state index contributed by atoms with van der Waals surface area (Å²) in [6.07, 6.45) is 0. The van der Waals surface area contributed by atoms with Crippen molar-refractivity contribution in [3.05, 3.63) is 235 Å². The first-order chi connectivity index (χ1) is 30.7. The van der Waals surface area contributed by atoms with Crippen LogP contribution in [0.15, 0.2) is 217 Å². The second-order valence-electron chi connectivity index (χ2n) is 16.2. The largest absolute Gasteiger partial charge is 0.455 e. The van der Waals surface area contributed by atoms with Gasteiger partial charge in [0.25, 0.3) is 0 Å². The minimum Gasteiger partial charge on any atom is -0.455 e. The minimum absolute atomic E-state index is 0.392. The summed E-state index contributed by atoms with van der Waals surface area (Å²) in [5.41, 5.74) is 18.9. The summed E-state index contributed by atoms with van der Waals surface area (Å²) in [5.74, 6) is 1.83. The van der Waals surface area contributed by atoms with Gasteiger partial charge in [0.15, 0.2) is 17.5 Å². The lowest BCUT2D eigenvalue weighted by Gasteiger charge is -2.30. The van der Waals surface area contributed by atoms with Gasteiger partial charge >= 0.3 is 0 Å². The van der Waals surface area contributed by atoms with Crippen LogP contribution in [0, 0.1) is 0 Å². The van der Waals surface area contributed by atoms with Crippen LogP contribution in [-0.4, -0.2) is 15.0 Å². The molecule has 0 amide bonds. The highest BCUT2D eigenvalue weighted by atomic mass is 16.3. The summed E-state index contributed by atoms with van der Waals surface area (Å²) < 4.78 is 6.51. The number of fused-ring (bicyclic) bond motifs is 13. The molecule has 62 heavy (non-hydrogen) atoms. The molecule has 4 nitrogen and oxygen atoms in total. The molecule has 9 aromatic carbocycles. The fraction of sp³-hybridized carbons (Fsp3) is 0.0172. The fourth-order valence-electron chi connectivity index (χ4n) is 10.3. The molecule has 13 rings (SSSR count). The Hall–Kier alpha value is -8.21. The second-order valence-corrected chi connectivity index (χ2v) is 16.2. The van der Waals surface area contributed by atoms with E-state index in [-0.39, 0.29) is 0 Å². The van der Waals surface area contributed by atoms with Crippen LogP contribution < -0.4 is 0 Å². The monoisotopic (exact) mass is 789 g/mol. The molecule has 2 heterocycles. The maximum atomic E-state index is 6.51. The Morgan fingerprint density at radius 2 is 0.758 bits per heavy atom. The van der Waals surface area contributed by atoms with E-state index >= 15 is 0 Å². The molecule has 0 saturated heterocycles. The zero-order chi connectivity index (χ0) is 40.8. The molecule has 0 N–H and O–H groups in total. The van der Waals surface area contributed by atoms with Gasteiger partial charge in [-0.1, -0.05) is 200 Å². The SMILES string of the molecule is c1ccc(-c2nc(-c3ccc(-c4ccc5c(c4)C4(c6ccccc6-c6ccccc64)c4ccccc4-5)cc3)nc(-c3ccccc3-c3cccc4c3oc3ccccc34)n2)cc1. The molecule has 1 spiro atoms. The van der Waals surface area contributed by atoms with Crippen molar-refractivity contribution in [3.8, 4) is 78.7 Å². The van der Waals surface area contributed by atoms with Crippen molar-refractivity contribution in [2.45, 2.75) is 5.41 Å². The van der Waals surface area contributed by atoms with Gasteiger partial charge in [0.05, 0.1) is 5.41 Å². The van der Waals surface area contributed by atoms with Gasteiger partial charge in [-0.2, -0.15) is 0 Å². The smallest absolute Gasteiger partial charge is 0.164 e. The molecule has 2 aromatic heterocycles. The number of benzene rings is 9. The van der Waals surface area contributed by atoms with E-state index in [1.54, 1.807) is 0 Å². The molecule has 0 fully saturated rings. The highest BCUT2D eigenvalue weighted by Gasteiger charge is 2.51. The number of nitrogens with zero attached hydrogens (tertiary/aromatic N) is 3. The van der Waals surface area contributed by atoms with Crippen LogP contribution in [0.1, 0.15) is 22.3 Å². The number of rotatable bonds is 5. The third-order valence-electron chi connectivity index (χ3n) is 13.0. The van der Waals surface area contributed by atoms with Gasteiger partial charge in [-0.05, 0) is 73.3 Å². The lowest BCUT2D eigenvalue weighted by atomic mass is 9.70. The Kier molecular flexibility index (Phi) is 7.49. The Balaban J connectivity index is 0.937. The van der Waals surface area contributed by atoms with E-state index in [1.165, 1.54) is 50.1 Å². The van der Waals surface area contributed by atoms with Crippen LogP contribution in [0.3, 0.4) is 0 Å². The van der Waals surface area contributed by atoms with Gasteiger partial charge in [0, 0.05) is 33.0 Å². The van der Waals surface area contributed by atoms with Crippen LogP contribution in [0.25, 0.3) is 101 Å². The van der Waals surface area contributed by atoms with Crippen molar-refractivity contribution < 1.29 is 4.42 Å². The highest BCUT2D eigenvalue weighted by molar-refractivity contribution is 6.10. The molecule has 0 radical (unpaired) electrons. The van der Waals surface area contributed by atoms with E-state index in [1.807, 2.05) is 48.5 Å². The molecule has 0 saturated carbocycles. The number of hydrogen-bond acceptors (Lipinski definition) is 4. The number of aromatic nitrogens is 3. The summed E-state index contributed by atoms with van der Waals surface area (Å²) in [6, 6.07) is 75.6. The average Bonchev–Trinajstić information content (AvgIpc) is 3.98. The van der Waals surface area contributed by atoms with Crippen molar-refractivity contribution in [3.63, 3.8) is 0 Å². The third kappa shape index (κ3) is 4.98. The number of para-hydroxylation sites is 2. The van der Waals surface area contributed by atoms with E-state index in [0.717, 1.165) is 55.3 Å². The van der Waals surface area contributed by atoms with Crippen molar-refractivity contribution in [1.82, 2.24) is 15.0 Å². The molecule has 0 bridgehead atoms. The first kappa shape index (κ1) is 34.6. The first-order valence-corrected chi connectivity index (χ1v) is 21.1. The maximum absolute atomic E-state index is 6.51. The molecule has 0 atom stereocenters. The lowest BCUT2D eigenvalue weighted by molar-refractivity contribution is 0.670. The predicted molar refractivity (Wildman–Crippen MR) is 251 cm³/mol. The van der Waals surface area contributed by atoms with Crippen LogP contribution in [0.4, 0.5) is 0 Å². The van der Waals surface area contributed by atoms with Crippen molar-refractivity contribution in [1.29, 1.82) is 0 Å². The van der Waals surface area contributed by atoms with E-state index in [0.29, 0.717) is 17.5 Å². The number of furan rings is 1. The number of hydrogen-bond donors (Lipinski definition) is 0. The van der Waals surface area contributed by atoms with Crippen LogP contribution in [0.5, 0.6) is 0 Å². The molecular weight excluding hydrogens is 755 g/mol. The van der Waals surface area contributed by atoms with Crippen molar-refractivity contribution in [2.24, 2.45) is 0 Å². The fourth-order valence-corrected chi connectivity index (χ4v) is 10.3. The zero-order valence-corrected chi connectivity index (χ0v) is 33.5. The van der Waals surface area contributed by atoms with Gasteiger partial charge in [-0.25, -0.2) is 15.0 Å². The van der Waals surface area contributed by atoms with Crippen LogP contribution in [0.2, 0.25) is 0 Å². The van der Waals surface area contributed by atoms with Crippen LogP contribution >= 0.6 is 0 Å². The first-order valence-electron chi connectivity index (χ1n) is 21.1. The zero-order valence-electron chi connectivity index (χ0n) is 33.5. The van der Waals surface area contributed by atoms with Crippen molar-refractivity contribution >= 4 is 21.9 Å². The summed E-state index contributed by atoms with van der Waals surface area (Å²) in [4.78, 5) is 15.5. The van der Waals surface area contributed by atoms with E-state index in [9.17, 15) is 0 Å². The van der Waals surface area contributed by atoms with Crippen molar-refractivity contribution in [2.75, 3.05) is 0 Å². The quantitative estimate of drug-likeness (QED) is 0.174. The van der Waals surface area contributed by atoms with Gasteiger partial charge < -0.3 is 4.42 Å². The minimum atomic E-state index is -0.392. The predicted octanol–water partition coefficient (Wildman–Crippen LogP) is 14.4. The summed E-state index contributed by atoms with van der Waals surface area (Å²) in [5, 5.41) is 2.17. The highest BCUT2D eigenvalue weighted by Crippen LogP contribution is 2.63. The van der Waals surface area contributed by atoms with E-state index < -0.39 is 5.41 Å². The molecular formula is C58H35N3O. The molecule has 288 valence electrons. The Morgan fingerprint density at radius 1 is 0.290 bits per heavy atom. The van der Waals surface area contributed by atoms with Gasteiger partial charge in [0.1, 0.15) is 11.2 Å². The Morgan fingerprint density at radius 3 is 1.44 bits per heavy atom. The lowest BCUT2D eigenvalue weighted by Crippen LogP contribution is -2.25. The third-order valence-corrected chi connectivity index (χ3v) is 13.0. The summed E-state index contributed by atoms with van der Waals surface area (Å²) in [7, 11) is 0. The molecule has 0 aliphatic heterocycles. The van der Waals surface area contributed by atoms with Gasteiger partial charge in [-0.15, -0.1) is 0 Å². The normalized spacial score (nSPS) is 13.0. The summed E-state index contributed by atoms with van der Waals surface area (Å²) in [6.45, 7) is 0. The Bertz CT molecular complexity index is 3520.